The average Bonchev–Trinajstić information content (AvgIpc) is 3.54. The summed E-state index contributed by atoms with van der Waals surface area (Å²) in [5, 5.41) is 0. The van der Waals surface area contributed by atoms with Crippen LogP contribution in [0.15, 0.2) is 121 Å². The van der Waals surface area contributed by atoms with E-state index in [0.717, 1.165) is 27.5 Å². The van der Waals surface area contributed by atoms with Crippen molar-refractivity contribution < 1.29 is 28.7 Å². The summed E-state index contributed by atoms with van der Waals surface area (Å²) in [6, 6.07) is 21.7. The Morgan fingerprint density at radius 3 is 1.41 bits per heavy atom. The Morgan fingerprint density at radius 2 is 1.00 bits per heavy atom. The summed E-state index contributed by atoms with van der Waals surface area (Å²) >= 11 is 0. The minimum Gasteiger partial charge on any atom is -0.458 e. The number of hydrogen-bond donors (Lipinski definition) is 0. The molecule has 0 fully saturated rings. The van der Waals surface area contributed by atoms with Gasteiger partial charge in [0.2, 0.25) is 0 Å². The molecule has 1 unspecified atom stereocenters. The third kappa shape index (κ3) is 5.26. The molecular formula is C36H30N2O6. The van der Waals surface area contributed by atoms with Gasteiger partial charge in [-0.05, 0) is 95.6 Å². The van der Waals surface area contributed by atoms with Gasteiger partial charge in [-0.1, -0.05) is 39.0 Å². The van der Waals surface area contributed by atoms with Crippen LogP contribution in [0.1, 0.15) is 32.8 Å². The van der Waals surface area contributed by atoms with E-state index in [1.165, 1.54) is 24.3 Å². The first-order valence-electron chi connectivity index (χ1n) is 14.2. The van der Waals surface area contributed by atoms with E-state index in [1.807, 2.05) is 18.2 Å². The van der Waals surface area contributed by atoms with Crippen LogP contribution in [0.5, 0.6) is 17.2 Å². The molecule has 220 valence electrons. The lowest BCUT2D eigenvalue weighted by Gasteiger charge is -2.44. The molecule has 44 heavy (non-hydrogen) atoms. The smallest absolute Gasteiger partial charge is 0.258 e. The zero-order valence-corrected chi connectivity index (χ0v) is 24.5. The van der Waals surface area contributed by atoms with Gasteiger partial charge in [-0.15, -0.1) is 0 Å². The Morgan fingerprint density at radius 1 is 0.591 bits per heavy atom. The van der Waals surface area contributed by atoms with Crippen LogP contribution >= 0.6 is 0 Å². The van der Waals surface area contributed by atoms with Gasteiger partial charge in [0.25, 0.3) is 23.6 Å². The number of hydrogen-bond acceptors (Lipinski definition) is 6. The standard InChI is InChI=1S/C36H30N2O6/c1-35(2,24-4-10-27(11-5-24)43-28-12-6-25(7-13-28)37-31(39)16-17-32(37)40)36(3)22-20-30(21-23-36)44-29-14-8-26(9-15-29)38-33(41)18-19-34(38)42/h4-22H,23H2,1-3H3. The molecule has 0 radical (unpaired) electrons. The first-order valence-corrected chi connectivity index (χ1v) is 14.2. The Hall–Kier alpha value is -5.50. The van der Waals surface area contributed by atoms with Crippen LogP contribution in [-0.2, 0) is 24.6 Å². The summed E-state index contributed by atoms with van der Waals surface area (Å²) in [5.74, 6) is 1.18. The van der Waals surface area contributed by atoms with Crippen molar-refractivity contribution in [1.29, 1.82) is 0 Å². The van der Waals surface area contributed by atoms with Gasteiger partial charge in [0.1, 0.15) is 23.0 Å². The van der Waals surface area contributed by atoms with E-state index < -0.39 is 0 Å². The maximum Gasteiger partial charge on any atom is 0.258 e. The Labute approximate surface area is 255 Å². The largest absolute Gasteiger partial charge is 0.458 e. The highest BCUT2D eigenvalue weighted by atomic mass is 16.5. The van der Waals surface area contributed by atoms with Crippen LogP contribution < -0.4 is 19.3 Å². The topological polar surface area (TPSA) is 93.2 Å². The molecule has 0 saturated heterocycles. The highest BCUT2D eigenvalue weighted by Gasteiger charge is 2.41. The number of anilines is 2. The molecule has 0 spiro atoms. The number of carbonyl (C=O) groups excluding carboxylic acids is 4. The normalized spacial score (nSPS) is 19.7. The predicted octanol–water partition coefficient (Wildman–Crippen LogP) is 6.54. The zero-order valence-electron chi connectivity index (χ0n) is 24.5. The SMILES string of the molecule is CC1(C(C)(C)c2ccc(Oc3ccc(N4C(=O)C=CC4=O)cc3)cc2)C=CC(Oc2ccc(N3C(=O)C=CC3=O)cc2)=CC1. The number of allylic oxidation sites excluding steroid dienone is 3. The van der Waals surface area contributed by atoms with Gasteiger partial charge in [0.15, 0.2) is 0 Å². The molecule has 8 nitrogen and oxygen atoms in total. The first-order chi connectivity index (χ1) is 21.0. The number of benzene rings is 3. The van der Waals surface area contributed by atoms with E-state index in [-0.39, 0.29) is 34.5 Å². The highest BCUT2D eigenvalue weighted by molar-refractivity contribution is 6.28. The van der Waals surface area contributed by atoms with Gasteiger partial charge in [-0.3, -0.25) is 19.2 Å². The molecule has 0 aromatic heterocycles. The fourth-order valence-electron chi connectivity index (χ4n) is 5.43. The first kappa shape index (κ1) is 28.6. The van der Waals surface area contributed by atoms with Crippen LogP contribution in [-0.4, -0.2) is 23.6 Å². The second kappa shape index (κ2) is 11.0. The Bertz CT molecular complexity index is 1740. The van der Waals surface area contributed by atoms with Crippen LogP contribution in [0.2, 0.25) is 0 Å². The monoisotopic (exact) mass is 586 g/mol. The van der Waals surface area contributed by atoms with Crippen LogP contribution in [0.3, 0.4) is 0 Å². The molecule has 0 N–H and O–H groups in total. The van der Waals surface area contributed by atoms with E-state index in [0.29, 0.717) is 28.6 Å². The van der Waals surface area contributed by atoms with Crippen LogP contribution in [0, 0.1) is 5.41 Å². The second-order valence-corrected chi connectivity index (χ2v) is 11.6. The lowest BCUT2D eigenvalue weighted by molar-refractivity contribution is -0.121. The average molecular weight is 587 g/mol. The molecule has 0 saturated carbocycles. The number of nitrogens with zero attached hydrogens (tertiary/aromatic N) is 2. The van der Waals surface area contributed by atoms with E-state index in [2.05, 4.69) is 45.1 Å². The number of carbonyl (C=O) groups is 4. The van der Waals surface area contributed by atoms with Crippen molar-refractivity contribution in [3.8, 4) is 17.2 Å². The minimum atomic E-state index is -0.359. The molecule has 2 heterocycles. The molecule has 3 aliphatic rings. The summed E-state index contributed by atoms with van der Waals surface area (Å²) in [7, 11) is 0. The highest BCUT2D eigenvalue weighted by Crippen LogP contribution is 2.48. The minimum absolute atomic E-state index is 0.190. The lowest BCUT2D eigenvalue weighted by atomic mass is 9.60. The van der Waals surface area contributed by atoms with Crippen LogP contribution in [0.4, 0.5) is 11.4 Å². The Balaban J connectivity index is 1.08. The van der Waals surface area contributed by atoms with E-state index in [1.54, 1.807) is 48.5 Å². The lowest BCUT2D eigenvalue weighted by Crippen LogP contribution is -2.38. The Kier molecular flexibility index (Phi) is 7.13. The number of ether oxygens (including phenoxy) is 2. The molecule has 4 amide bonds. The van der Waals surface area contributed by atoms with Crippen molar-refractivity contribution in [3.63, 3.8) is 0 Å². The summed E-state index contributed by atoms with van der Waals surface area (Å²) in [4.78, 5) is 49.9. The quantitative estimate of drug-likeness (QED) is 0.278. The van der Waals surface area contributed by atoms with E-state index in [9.17, 15) is 19.2 Å². The summed E-state index contributed by atoms with van der Waals surface area (Å²) < 4.78 is 12.1. The third-order valence-corrected chi connectivity index (χ3v) is 8.63. The number of rotatable bonds is 8. The maximum atomic E-state index is 11.9. The van der Waals surface area contributed by atoms with Gasteiger partial charge in [-0.25, -0.2) is 9.80 Å². The van der Waals surface area contributed by atoms with Gasteiger partial charge >= 0.3 is 0 Å². The molecule has 3 aromatic rings. The van der Waals surface area contributed by atoms with Gasteiger partial charge in [-0.2, -0.15) is 0 Å². The summed E-state index contributed by atoms with van der Waals surface area (Å²) in [6.45, 7) is 6.66. The fraction of sp³-hybridized carbons (Fsp3) is 0.167. The van der Waals surface area contributed by atoms with Crippen molar-refractivity contribution >= 4 is 35.0 Å². The van der Waals surface area contributed by atoms with Crippen molar-refractivity contribution in [2.24, 2.45) is 5.41 Å². The molecule has 2 aliphatic heterocycles. The van der Waals surface area contributed by atoms with Gasteiger partial charge in [0.05, 0.1) is 11.4 Å². The van der Waals surface area contributed by atoms with Gasteiger partial charge < -0.3 is 9.47 Å². The molecule has 1 aliphatic carbocycles. The predicted molar refractivity (Wildman–Crippen MR) is 166 cm³/mol. The third-order valence-electron chi connectivity index (χ3n) is 8.63. The van der Waals surface area contributed by atoms with Crippen molar-refractivity contribution in [1.82, 2.24) is 0 Å². The molecule has 8 heteroatoms. The molecule has 1 atom stereocenters. The van der Waals surface area contributed by atoms with Crippen molar-refractivity contribution in [2.75, 3.05) is 9.80 Å². The zero-order chi connectivity index (χ0) is 31.1. The number of amides is 4. The molecule has 6 rings (SSSR count). The molecular weight excluding hydrogens is 556 g/mol. The van der Waals surface area contributed by atoms with Gasteiger partial charge in [0, 0.05) is 24.3 Å². The molecule has 0 bridgehead atoms. The fourth-order valence-corrected chi connectivity index (χ4v) is 5.43. The molecule has 3 aromatic carbocycles. The second-order valence-electron chi connectivity index (χ2n) is 11.6. The van der Waals surface area contributed by atoms with E-state index in [4.69, 9.17) is 9.47 Å². The summed E-state index contributed by atoms with van der Waals surface area (Å²) in [5.41, 5.74) is 1.73. The van der Waals surface area contributed by atoms with Crippen molar-refractivity contribution in [2.45, 2.75) is 32.6 Å². The van der Waals surface area contributed by atoms with E-state index >= 15 is 0 Å². The maximum absolute atomic E-state index is 11.9. The summed E-state index contributed by atoms with van der Waals surface area (Å²) in [6.07, 6.45) is 12.0. The van der Waals surface area contributed by atoms with Crippen molar-refractivity contribution in [3.05, 3.63) is 127 Å². The van der Waals surface area contributed by atoms with Crippen LogP contribution in [0.25, 0.3) is 0 Å². The number of imide groups is 2.